The van der Waals surface area contributed by atoms with Gasteiger partial charge in [0.05, 0.1) is 0 Å². The van der Waals surface area contributed by atoms with Crippen LogP contribution in [-0.2, 0) is 14.3 Å². The molecule has 7 heteroatoms. The maximum atomic E-state index is 13.0. The Morgan fingerprint density at radius 3 is 2.06 bits per heavy atom. The summed E-state index contributed by atoms with van der Waals surface area (Å²) < 4.78 is 5.62. The molecule has 2 aromatic rings. The van der Waals surface area contributed by atoms with Crippen LogP contribution in [0.25, 0.3) is 11.1 Å². The van der Waals surface area contributed by atoms with Gasteiger partial charge >= 0.3 is 12.1 Å². The van der Waals surface area contributed by atoms with E-state index in [0.29, 0.717) is 18.8 Å². The van der Waals surface area contributed by atoms with Gasteiger partial charge in [-0.2, -0.15) is 0 Å². The Hall–Kier alpha value is -3.35. The molecule has 0 aromatic heterocycles. The van der Waals surface area contributed by atoms with Crippen molar-refractivity contribution in [2.24, 2.45) is 11.8 Å². The van der Waals surface area contributed by atoms with E-state index in [9.17, 15) is 19.5 Å². The lowest BCUT2D eigenvalue weighted by atomic mass is 9.79. The number of ether oxygens (including phenoxy) is 1. The van der Waals surface area contributed by atoms with Gasteiger partial charge in [-0.1, -0.05) is 68.8 Å². The molecule has 0 radical (unpaired) electrons. The third-order valence-corrected chi connectivity index (χ3v) is 7.17. The number of hydrogen-bond donors (Lipinski definition) is 3. The van der Waals surface area contributed by atoms with Gasteiger partial charge in [0, 0.05) is 5.92 Å². The van der Waals surface area contributed by atoms with E-state index in [1.54, 1.807) is 0 Å². The average molecular weight is 479 g/mol. The first-order valence-electron chi connectivity index (χ1n) is 12.5. The highest BCUT2D eigenvalue weighted by molar-refractivity contribution is 5.89. The van der Waals surface area contributed by atoms with Gasteiger partial charge in [-0.25, -0.2) is 9.59 Å². The molecule has 186 valence electrons. The lowest BCUT2D eigenvalue weighted by Crippen LogP contribution is -2.55. The molecule has 0 spiro atoms. The number of nitrogens with one attached hydrogen (secondary N) is 2. The molecule has 2 amide bonds. The van der Waals surface area contributed by atoms with Crippen molar-refractivity contribution in [1.82, 2.24) is 10.6 Å². The highest BCUT2D eigenvalue weighted by Gasteiger charge is 2.36. The second-order valence-electron chi connectivity index (χ2n) is 10.0. The zero-order chi connectivity index (χ0) is 24.9. The molecular formula is C28H34N2O5. The molecule has 1 saturated carbocycles. The second-order valence-corrected chi connectivity index (χ2v) is 10.0. The molecule has 0 aliphatic heterocycles. The predicted octanol–water partition coefficient (Wildman–Crippen LogP) is 4.70. The molecule has 3 N–H and O–H groups in total. The van der Waals surface area contributed by atoms with Gasteiger partial charge in [0.2, 0.25) is 5.91 Å². The third kappa shape index (κ3) is 5.66. The van der Waals surface area contributed by atoms with Crippen molar-refractivity contribution in [1.29, 1.82) is 0 Å². The molecule has 2 aromatic carbocycles. The number of benzene rings is 2. The highest BCUT2D eigenvalue weighted by Crippen LogP contribution is 2.44. The van der Waals surface area contributed by atoms with E-state index in [0.717, 1.165) is 41.5 Å². The fourth-order valence-electron chi connectivity index (χ4n) is 4.96. The lowest BCUT2D eigenvalue weighted by molar-refractivity contribution is -0.142. The number of aliphatic carboxylic acids is 1. The van der Waals surface area contributed by atoms with Crippen molar-refractivity contribution >= 4 is 18.0 Å². The Balaban J connectivity index is 1.40. The number of hydrogen-bond acceptors (Lipinski definition) is 4. The van der Waals surface area contributed by atoms with Crippen molar-refractivity contribution in [3.8, 4) is 11.1 Å². The van der Waals surface area contributed by atoms with Gasteiger partial charge in [0.25, 0.3) is 0 Å². The van der Waals surface area contributed by atoms with Crippen LogP contribution in [0.15, 0.2) is 48.5 Å². The third-order valence-electron chi connectivity index (χ3n) is 7.17. The molecule has 0 saturated heterocycles. The first-order chi connectivity index (χ1) is 16.8. The standard InChI is InChI=1S/C28H34N2O5/c1-17(2)14-15-24(27(32)33)29-26(31)25(18-8-7-9-18)30-28(34)35-16-23-21-12-5-3-10-19(21)20-11-4-6-13-22(20)23/h3-6,10-13,17-18,23-25H,7-9,14-16H2,1-2H3,(H,29,31)(H,30,34)(H,32,33). The van der Waals surface area contributed by atoms with Crippen molar-refractivity contribution in [3.05, 3.63) is 59.7 Å². The maximum absolute atomic E-state index is 13.0. The van der Waals surface area contributed by atoms with E-state index in [2.05, 4.69) is 34.9 Å². The fraction of sp³-hybridized carbons (Fsp3) is 0.464. The molecular weight excluding hydrogens is 444 g/mol. The first kappa shape index (κ1) is 24.8. The number of amides is 2. The number of alkyl carbamates (subject to hydrolysis) is 1. The van der Waals surface area contributed by atoms with Crippen molar-refractivity contribution in [2.75, 3.05) is 6.61 Å². The quantitative estimate of drug-likeness (QED) is 0.459. The van der Waals surface area contributed by atoms with Crippen LogP contribution in [-0.4, -0.2) is 41.8 Å². The minimum atomic E-state index is -1.06. The van der Waals surface area contributed by atoms with Crippen LogP contribution < -0.4 is 10.6 Å². The summed E-state index contributed by atoms with van der Waals surface area (Å²) in [6.45, 7) is 4.18. The summed E-state index contributed by atoms with van der Waals surface area (Å²) >= 11 is 0. The SMILES string of the molecule is CC(C)CCC(NC(=O)C(NC(=O)OCC1c2ccccc2-c2ccccc21)C1CCC1)C(=O)O. The second kappa shape index (κ2) is 10.9. The maximum Gasteiger partial charge on any atom is 0.407 e. The van der Waals surface area contributed by atoms with E-state index < -0.39 is 30.1 Å². The predicted molar refractivity (Wildman–Crippen MR) is 133 cm³/mol. The smallest absolute Gasteiger partial charge is 0.407 e. The van der Waals surface area contributed by atoms with E-state index in [-0.39, 0.29) is 18.4 Å². The normalized spacial score (nSPS) is 16.5. The van der Waals surface area contributed by atoms with Crippen LogP contribution in [0, 0.1) is 11.8 Å². The van der Waals surface area contributed by atoms with E-state index in [1.807, 2.05) is 38.1 Å². The average Bonchev–Trinajstić information content (AvgIpc) is 3.12. The molecule has 2 aliphatic rings. The molecule has 4 rings (SSSR count). The molecule has 2 atom stereocenters. The fourth-order valence-corrected chi connectivity index (χ4v) is 4.96. The monoisotopic (exact) mass is 478 g/mol. The van der Waals surface area contributed by atoms with Crippen molar-refractivity contribution in [2.45, 2.75) is 64.0 Å². The largest absolute Gasteiger partial charge is 0.480 e. The Kier molecular flexibility index (Phi) is 7.73. The van der Waals surface area contributed by atoms with Crippen LogP contribution in [0.1, 0.15) is 63.0 Å². The molecule has 2 unspecified atom stereocenters. The van der Waals surface area contributed by atoms with Crippen LogP contribution in [0.3, 0.4) is 0 Å². The number of fused-ring (bicyclic) bond motifs is 3. The molecule has 7 nitrogen and oxygen atoms in total. The minimum Gasteiger partial charge on any atom is -0.480 e. The van der Waals surface area contributed by atoms with Crippen molar-refractivity contribution in [3.63, 3.8) is 0 Å². The van der Waals surface area contributed by atoms with Gasteiger partial charge in [0.1, 0.15) is 18.7 Å². The van der Waals surface area contributed by atoms with Gasteiger partial charge in [-0.05, 0) is 59.8 Å². The molecule has 1 fully saturated rings. The molecule has 0 bridgehead atoms. The summed E-state index contributed by atoms with van der Waals surface area (Å²) in [4.78, 5) is 37.5. The van der Waals surface area contributed by atoms with E-state index in [4.69, 9.17) is 4.74 Å². The van der Waals surface area contributed by atoms with E-state index >= 15 is 0 Å². The number of carboxylic acids is 1. The molecule has 2 aliphatic carbocycles. The summed E-state index contributed by atoms with van der Waals surface area (Å²) in [5, 5.41) is 14.9. The highest BCUT2D eigenvalue weighted by atomic mass is 16.5. The van der Waals surface area contributed by atoms with Crippen molar-refractivity contribution < 1.29 is 24.2 Å². The Bertz CT molecular complexity index is 1030. The number of carboxylic acid groups (broad SMARTS) is 1. The number of carbonyl (C=O) groups excluding carboxylic acids is 2. The summed E-state index contributed by atoms with van der Waals surface area (Å²) in [7, 11) is 0. The zero-order valence-corrected chi connectivity index (χ0v) is 20.3. The summed E-state index contributed by atoms with van der Waals surface area (Å²) in [6, 6.07) is 14.4. The number of rotatable bonds is 10. The number of carbonyl (C=O) groups is 3. The zero-order valence-electron chi connectivity index (χ0n) is 20.3. The van der Waals surface area contributed by atoms with Gasteiger partial charge in [0.15, 0.2) is 0 Å². The summed E-state index contributed by atoms with van der Waals surface area (Å²) in [5.41, 5.74) is 4.52. The molecule has 0 heterocycles. The first-order valence-corrected chi connectivity index (χ1v) is 12.5. The van der Waals surface area contributed by atoms with Crippen LogP contribution >= 0.6 is 0 Å². The van der Waals surface area contributed by atoms with Gasteiger partial charge < -0.3 is 20.5 Å². The molecule has 35 heavy (non-hydrogen) atoms. The van der Waals surface area contributed by atoms with Gasteiger partial charge in [-0.3, -0.25) is 4.79 Å². The topological polar surface area (TPSA) is 105 Å². The summed E-state index contributed by atoms with van der Waals surface area (Å²) in [5.74, 6) is -1.28. The minimum absolute atomic E-state index is 0.0185. The van der Waals surface area contributed by atoms with E-state index in [1.165, 1.54) is 0 Å². The van der Waals surface area contributed by atoms with Crippen LogP contribution in [0.4, 0.5) is 4.79 Å². The van der Waals surface area contributed by atoms with Crippen LogP contribution in [0.2, 0.25) is 0 Å². The lowest BCUT2D eigenvalue weighted by Gasteiger charge is -2.33. The summed E-state index contributed by atoms with van der Waals surface area (Å²) in [6.07, 6.45) is 2.98. The Morgan fingerprint density at radius 2 is 1.54 bits per heavy atom. The Morgan fingerprint density at radius 1 is 0.943 bits per heavy atom. The van der Waals surface area contributed by atoms with Crippen LogP contribution in [0.5, 0.6) is 0 Å². The Labute approximate surface area is 206 Å². The van der Waals surface area contributed by atoms with Gasteiger partial charge in [-0.15, -0.1) is 0 Å².